The van der Waals surface area contributed by atoms with Gasteiger partial charge in [0.25, 0.3) is 0 Å². The first-order valence-electron chi connectivity index (χ1n) is 6.80. The molecular weight excluding hydrogens is 273 g/mol. The summed E-state index contributed by atoms with van der Waals surface area (Å²) in [4.78, 5) is 15.7. The number of ether oxygens (including phenoxy) is 1. The van der Waals surface area contributed by atoms with E-state index in [0.717, 1.165) is 0 Å². The molecular formula is C14H21BNO5-. The lowest BCUT2D eigenvalue weighted by molar-refractivity contribution is 0.00578. The van der Waals surface area contributed by atoms with Gasteiger partial charge in [-0.1, -0.05) is 6.07 Å². The van der Waals surface area contributed by atoms with E-state index in [1.54, 1.807) is 12.3 Å². The second kappa shape index (κ2) is 5.08. The molecule has 0 aromatic carbocycles. The molecule has 1 aliphatic heterocycles. The molecule has 0 saturated carbocycles. The van der Waals surface area contributed by atoms with E-state index in [9.17, 15) is 4.79 Å². The number of esters is 1. The molecule has 2 rings (SSSR count). The maximum Gasteiger partial charge on any atom is 0.411 e. The molecule has 0 bridgehead atoms. The van der Waals surface area contributed by atoms with Crippen molar-refractivity contribution < 1.29 is 23.5 Å². The zero-order chi connectivity index (χ0) is 15.9. The van der Waals surface area contributed by atoms with Gasteiger partial charge in [-0.2, -0.15) is 0 Å². The zero-order valence-corrected chi connectivity index (χ0v) is 13.3. The molecule has 1 saturated heterocycles. The van der Waals surface area contributed by atoms with Crippen LogP contribution in [0.2, 0.25) is 0 Å². The molecule has 0 N–H and O–H groups in total. The van der Waals surface area contributed by atoms with Gasteiger partial charge in [0.05, 0.1) is 12.7 Å². The molecule has 0 spiro atoms. The molecule has 7 heteroatoms. The number of carbonyl (C=O) groups excluding carboxylic acids is 1. The minimum absolute atomic E-state index is 0.322. The summed E-state index contributed by atoms with van der Waals surface area (Å²) in [5.41, 5.74) is -0.212. The highest BCUT2D eigenvalue weighted by Gasteiger charge is 2.53. The first-order chi connectivity index (χ1) is 9.67. The zero-order valence-electron chi connectivity index (χ0n) is 13.3. The quantitative estimate of drug-likeness (QED) is 0.617. The van der Waals surface area contributed by atoms with Crippen LogP contribution in [0.5, 0.6) is 0 Å². The van der Waals surface area contributed by atoms with Crippen LogP contribution in [0.25, 0.3) is 0 Å². The molecule has 2 heterocycles. The first kappa shape index (κ1) is 15.9. The van der Waals surface area contributed by atoms with Crippen LogP contribution in [0.3, 0.4) is 0 Å². The van der Waals surface area contributed by atoms with Gasteiger partial charge in [0.15, 0.2) is 0 Å². The minimum atomic E-state index is -2.17. The average molecular weight is 294 g/mol. The van der Waals surface area contributed by atoms with Crippen molar-refractivity contribution in [3.63, 3.8) is 0 Å². The van der Waals surface area contributed by atoms with E-state index in [4.69, 9.17) is 18.7 Å². The van der Waals surface area contributed by atoms with E-state index in [-0.39, 0.29) is 0 Å². The Morgan fingerprint density at radius 1 is 1.14 bits per heavy atom. The lowest BCUT2D eigenvalue weighted by atomic mass is 9.69. The number of hydrogen-bond acceptors (Lipinski definition) is 6. The summed E-state index contributed by atoms with van der Waals surface area (Å²) in [6, 6.07) is 1.62. The van der Waals surface area contributed by atoms with Gasteiger partial charge in [-0.3, -0.25) is 4.98 Å². The summed E-state index contributed by atoms with van der Waals surface area (Å²) in [7, 11) is 2.84. The van der Waals surface area contributed by atoms with Crippen molar-refractivity contribution in [2.45, 2.75) is 38.9 Å². The standard InChI is InChI=1S/C14H21BNO5/c1-13(2)14(3,4)21-15(19-6,20-13)11-7-10(8-16-9-11)12(17)18-5/h7-9H,1-6H3/q-1. The second-order valence-corrected chi connectivity index (χ2v) is 6.13. The van der Waals surface area contributed by atoms with Crippen LogP contribution >= 0.6 is 0 Å². The van der Waals surface area contributed by atoms with Crippen LogP contribution < -0.4 is 5.46 Å². The molecule has 1 aromatic heterocycles. The van der Waals surface area contributed by atoms with Gasteiger partial charge < -0.3 is 18.7 Å². The fourth-order valence-corrected chi connectivity index (χ4v) is 2.33. The van der Waals surface area contributed by atoms with Crippen LogP contribution in [0.15, 0.2) is 18.5 Å². The molecule has 0 atom stereocenters. The Bertz CT molecular complexity index is 542. The predicted octanol–water partition coefficient (Wildman–Crippen LogP) is 1.26. The minimum Gasteiger partial charge on any atom is -0.543 e. The Morgan fingerprint density at radius 3 is 2.19 bits per heavy atom. The van der Waals surface area contributed by atoms with Crippen LogP contribution in [0.4, 0.5) is 0 Å². The van der Waals surface area contributed by atoms with Crippen LogP contribution in [0.1, 0.15) is 38.1 Å². The Kier molecular flexibility index (Phi) is 3.86. The van der Waals surface area contributed by atoms with Crippen LogP contribution in [-0.4, -0.2) is 43.1 Å². The number of carbonyl (C=O) groups is 1. The van der Waals surface area contributed by atoms with Gasteiger partial charge in [0, 0.05) is 17.4 Å². The summed E-state index contributed by atoms with van der Waals surface area (Å²) in [6.07, 6.45) is 3.01. The maximum atomic E-state index is 11.7. The third-order valence-electron chi connectivity index (χ3n) is 4.25. The fraction of sp³-hybridized carbons (Fsp3) is 0.571. The third-order valence-corrected chi connectivity index (χ3v) is 4.25. The molecule has 1 fully saturated rings. The summed E-state index contributed by atoms with van der Waals surface area (Å²) in [6.45, 7) is 5.58. The van der Waals surface area contributed by atoms with E-state index in [0.29, 0.717) is 11.0 Å². The average Bonchev–Trinajstić information content (AvgIpc) is 2.64. The monoisotopic (exact) mass is 294 g/mol. The van der Waals surface area contributed by atoms with Gasteiger partial charge in [-0.05, 0) is 41.0 Å². The van der Waals surface area contributed by atoms with E-state index < -0.39 is 23.9 Å². The van der Waals surface area contributed by atoms with Gasteiger partial charge in [-0.25, -0.2) is 4.79 Å². The summed E-state index contributed by atoms with van der Waals surface area (Å²) >= 11 is 0. The molecule has 0 unspecified atom stereocenters. The van der Waals surface area contributed by atoms with Crippen LogP contribution in [0, 0.1) is 0 Å². The van der Waals surface area contributed by atoms with E-state index in [1.807, 2.05) is 27.7 Å². The van der Waals surface area contributed by atoms with Gasteiger partial charge in [0.2, 0.25) is 0 Å². The van der Waals surface area contributed by atoms with Crippen molar-refractivity contribution >= 4 is 18.2 Å². The van der Waals surface area contributed by atoms with Crippen molar-refractivity contribution in [1.82, 2.24) is 4.98 Å². The van der Waals surface area contributed by atoms with Crippen LogP contribution in [-0.2, 0) is 18.7 Å². The Morgan fingerprint density at radius 2 is 1.71 bits per heavy atom. The molecule has 0 radical (unpaired) electrons. The second-order valence-electron chi connectivity index (χ2n) is 6.13. The molecule has 1 aliphatic rings. The molecule has 6 nitrogen and oxygen atoms in total. The SMILES string of the molecule is COC(=O)c1cncc([B-]2(OC)OC(C)(C)C(C)(C)O2)c1. The third kappa shape index (κ3) is 2.56. The van der Waals surface area contributed by atoms with E-state index >= 15 is 0 Å². The van der Waals surface area contributed by atoms with Gasteiger partial charge in [-0.15, -0.1) is 5.46 Å². The first-order valence-corrected chi connectivity index (χ1v) is 6.80. The Balaban J connectivity index is 2.46. The van der Waals surface area contributed by atoms with E-state index in [2.05, 4.69) is 4.98 Å². The van der Waals surface area contributed by atoms with E-state index in [1.165, 1.54) is 20.4 Å². The highest BCUT2D eigenvalue weighted by Crippen LogP contribution is 2.41. The van der Waals surface area contributed by atoms with Gasteiger partial charge >= 0.3 is 12.7 Å². The largest absolute Gasteiger partial charge is 0.543 e. The van der Waals surface area contributed by atoms with Crippen molar-refractivity contribution in [2.24, 2.45) is 0 Å². The number of methoxy groups -OCH3 is 1. The van der Waals surface area contributed by atoms with Crippen molar-refractivity contribution in [2.75, 3.05) is 14.2 Å². The summed E-state index contributed by atoms with van der Waals surface area (Å²) in [5.74, 6) is -0.470. The number of pyridine rings is 1. The topological polar surface area (TPSA) is 66.9 Å². The number of rotatable bonds is 3. The maximum absolute atomic E-state index is 11.7. The predicted molar refractivity (Wildman–Crippen MR) is 78.3 cm³/mol. The summed E-state index contributed by atoms with van der Waals surface area (Å²) < 4.78 is 22.4. The number of aromatic nitrogens is 1. The Labute approximate surface area is 124 Å². The molecule has 0 aliphatic carbocycles. The molecule has 0 amide bonds. The number of nitrogens with zero attached hydrogens (tertiary/aromatic N) is 1. The number of hydrogen-bond donors (Lipinski definition) is 0. The van der Waals surface area contributed by atoms with Crippen molar-refractivity contribution in [1.29, 1.82) is 0 Å². The fourth-order valence-electron chi connectivity index (χ4n) is 2.33. The normalized spacial score (nSPS) is 22.0. The van der Waals surface area contributed by atoms with Crippen molar-refractivity contribution in [3.8, 4) is 0 Å². The lowest BCUT2D eigenvalue weighted by Gasteiger charge is -2.36. The Hall–Kier alpha value is -1.44. The summed E-state index contributed by atoms with van der Waals surface area (Å²) in [5, 5.41) is 0. The molecule has 21 heavy (non-hydrogen) atoms. The highest BCUT2D eigenvalue weighted by atomic mass is 16.8. The lowest BCUT2D eigenvalue weighted by Crippen LogP contribution is -2.54. The molecule has 1 aromatic rings. The molecule has 116 valence electrons. The smallest absolute Gasteiger partial charge is 0.411 e. The van der Waals surface area contributed by atoms with Gasteiger partial charge in [0.1, 0.15) is 0 Å². The van der Waals surface area contributed by atoms with Crippen molar-refractivity contribution in [3.05, 3.63) is 24.0 Å². The highest BCUT2D eigenvalue weighted by molar-refractivity contribution is 6.76.